The van der Waals surface area contributed by atoms with Crippen LogP contribution < -0.4 is 11.3 Å². The van der Waals surface area contributed by atoms with Crippen molar-refractivity contribution in [3.05, 3.63) is 34.2 Å². The lowest BCUT2D eigenvalue weighted by atomic mass is 10.00. The molecule has 0 aliphatic carbocycles. The molecule has 4 N–H and O–H groups in total. The molecule has 0 spiro atoms. The number of piperidine rings is 1. The predicted molar refractivity (Wildman–Crippen MR) is 69.1 cm³/mol. The normalized spacial score (nSPS) is 20.3. The molecule has 1 aromatic rings. The fraction of sp³-hybridized carbons (Fsp3) is 0.417. The first-order chi connectivity index (χ1) is 9.13. The zero-order valence-corrected chi connectivity index (χ0v) is 10.4. The molecule has 1 unspecified atom stereocenters. The molecule has 1 amide bonds. The number of pyridine rings is 1. The summed E-state index contributed by atoms with van der Waals surface area (Å²) in [6.45, 7) is 0.534. The second-order valence-electron chi connectivity index (χ2n) is 4.48. The Morgan fingerprint density at radius 2 is 2.32 bits per heavy atom. The van der Waals surface area contributed by atoms with Crippen molar-refractivity contribution in [3.8, 4) is 0 Å². The number of hydrogen-bond donors (Lipinski definition) is 3. The molecule has 1 atom stereocenters. The van der Waals surface area contributed by atoms with Crippen molar-refractivity contribution in [3.63, 3.8) is 0 Å². The Balaban J connectivity index is 2.27. The van der Waals surface area contributed by atoms with Crippen LogP contribution in [0.15, 0.2) is 28.3 Å². The van der Waals surface area contributed by atoms with Gasteiger partial charge in [0.05, 0.1) is 6.04 Å². The molecule has 7 nitrogen and oxygen atoms in total. The highest BCUT2D eigenvalue weighted by molar-refractivity contribution is 5.98. The summed E-state index contributed by atoms with van der Waals surface area (Å²) in [6, 6.07) is 2.38. The van der Waals surface area contributed by atoms with E-state index in [0.717, 1.165) is 12.8 Å². The molecule has 0 radical (unpaired) electrons. The molecule has 0 saturated carbocycles. The summed E-state index contributed by atoms with van der Waals surface area (Å²) < 4.78 is 0. The van der Waals surface area contributed by atoms with E-state index < -0.39 is 6.04 Å². The highest BCUT2D eigenvalue weighted by atomic mass is 16.4. The van der Waals surface area contributed by atoms with Crippen LogP contribution in [0.3, 0.4) is 0 Å². The molecule has 2 heterocycles. The van der Waals surface area contributed by atoms with Crippen LogP contribution in [0.25, 0.3) is 0 Å². The predicted octanol–water partition coefficient (Wildman–Crippen LogP) is 0.116. The molecular formula is C12H16N4O3. The molecule has 102 valence electrons. The van der Waals surface area contributed by atoms with E-state index in [1.54, 1.807) is 11.0 Å². The van der Waals surface area contributed by atoms with Gasteiger partial charge in [-0.05, 0) is 25.3 Å². The number of aromatic amines is 1. The molecule has 1 aromatic heterocycles. The van der Waals surface area contributed by atoms with E-state index in [-0.39, 0.29) is 17.3 Å². The summed E-state index contributed by atoms with van der Waals surface area (Å²) in [5.74, 6) is -0.250. The van der Waals surface area contributed by atoms with Crippen molar-refractivity contribution in [2.24, 2.45) is 10.9 Å². The summed E-state index contributed by atoms with van der Waals surface area (Å²) >= 11 is 0. The first kappa shape index (κ1) is 13.1. The largest absolute Gasteiger partial charge is 0.409 e. The van der Waals surface area contributed by atoms with E-state index in [4.69, 9.17) is 10.9 Å². The van der Waals surface area contributed by atoms with Crippen molar-refractivity contribution < 1.29 is 10.0 Å². The maximum atomic E-state index is 12.4. The molecule has 19 heavy (non-hydrogen) atoms. The van der Waals surface area contributed by atoms with Gasteiger partial charge < -0.3 is 20.8 Å². The standard InChI is InChI=1S/C12H16N4O3/c13-11(15-19)9-3-1-2-6-16(9)12(18)8-4-5-14-10(17)7-8/h4-5,7,9,19H,1-3,6H2,(H2,13,15)(H,14,17). The maximum Gasteiger partial charge on any atom is 0.254 e. The van der Waals surface area contributed by atoms with Gasteiger partial charge >= 0.3 is 0 Å². The Morgan fingerprint density at radius 1 is 1.53 bits per heavy atom. The summed E-state index contributed by atoms with van der Waals surface area (Å²) in [5.41, 5.74) is 5.60. The van der Waals surface area contributed by atoms with Crippen LogP contribution in [0, 0.1) is 0 Å². The van der Waals surface area contributed by atoms with Gasteiger partial charge in [0.25, 0.3) is 5.91 Å². The van der Waals surface area contributed by atoms with Gasteiger partial charge in [-0.3, -0.25) is 9.59 Å². The van der Waals surface area contributed by atoms with Crippen molar-refractivity contribution in [1.82, 2.24) is 9.88 Å². The Kier molecular flexibility index (Phi) is 3.84. The van der Waals surface area contributed by atoms with Crippen LogP contribution in [0.4, 0.5) is 0 Å². The molecule has 1 saturated heterocycles. The average Bonchev–Trinajstić information content (AvgIpc) is 2.45. The SMILES string of the molecule is N/C(=N/O)C1CCCCN1C(=O)c1cc[nH]c(=O)c1. The molecule has 2 rings (SSSR count). The number of amides is 1. The van der Waals surface area contributed by atoms with Gasteiger partial charge in [0.1, 0.15) is 0 Å². The van der Waals surface area contributed by atoms with E-state index >= 15 is 0 Å². The van der Waals surface area contributed by atoms with E-state index in [0.29, 0.717) is 18.5 Å². The maximum absolute atomic E-state index is 12.4. The van der Waals surface area contributed by atoms with Crippen molar-refractivity contribution in [2.45, 2.75) is 25.3 Å². The number of hydrogen-bond acceptors (Lipinski definition) is 4. The van der Waals surface area contributed by atoms with E-state index in [2.05, 4.69) is 10.1 Å². The molecule has 1 aliphatic rings. The van der Waals surface area contributed by atoms with Crippen LogP contribution in [0.5, 0.6) is 0 Å². The molecule has 1 fully saturated rings. The number of nitrogens with two attached hydrogens (primary N) is 1. The number of oxime groups is 1. The minimum atomic E-state index is -0.412. The third kappa shape index (κ3) is 2.75. The highest BCUT2D eigenvalue weighted by Gasteiger charge is 2.30. The number of rotatable bonds is 2. The first-order valence-electron chi connectivity index (χ1n) is 6.10. The molecule has 0 bridgehead atoms. The summed E-state index contributed by atoms with van der Waals surface area (Å²) in [7, 11) is 0. The number of carbonyl (C=O) groups excluding carboxylic acids is 1. The van der Waals surface area contributed by atoms with Crippen molar-refractivity contribution in [1.29, 1.82) is 0 Å². The van der Waals surface area contributed by atoms with Crippen LogP contribution in [-0.2, 0) is 0 Å². The van der Waals surface area contributed by atoms with Gasteiger partial charge in [-0.15, -0.1) is 0 Å². The number of aromatic nitrogens is 1. The lowest BCUT2D eigenvalue weighted by Crippen LogP contribution is -2.50. The second-order valence-corrected chi connectivity index (χ2v) is 4.48. The average molecular weight is 264 g/mol. The molecule has 1 aliphatic heterocycles. The second kappa shape index (κ2) is 5.55. The summed E-state index contributed by atoms with van der Waals surface area (Å²) in [5, 5.41) is 11.8. The topological polar surface area (TPSA) is 112 Å². The molecular weight excluding hydrogens is 248 g/mol. The van der Waals surface area contributed by atoms with Crippen LogP contribution in [0.2, 0.25) is 0 Å². The zero-order chi connectivity index (χ0) is 13.8. The number of carbonyl (C=O) groups is 1. The van der Waals surface area contributed by atoms with Gasteiger partial charge in [0.2, 0.25) is 5.56 Å². The fourth-order valence-corrected chi connectivity index (χ4v) is 2.29. The van der Waals surface area contributed by atoms with Gasteiger partial charge in [-0.2, -0.15) is 0 Å². The Hall–Kier alpha value is -2.31. The summed E-state index contributed by atoms with van der Waals surface area (Å²) in [4.78, 5) is 27.6. The first-order valence-corrected chi connectivity index (χ1v) is 6.10. The van der Waals surface area contributed by atoms with Crippen molar-refractivity contribution >= 4 is 11.7 Å². The van der Waals surface area contributed by atoms with Crippen LogP contribution in [-0.4, -0.2) is 39.4 Å². The number of likely N-dealkylation sites (tertiary alicyclic amines) is 1. The lowest BCUT2D eigenvalue weighted by molar-refractivity contribution is 0.0676. The zero-order valence-electron chi connectivity index (χ0n) is 10.4. The number of nitrogens with zero attached hydrogens (tertiary/aromatic N) is 2. The Morgan fingerprint density at radius 3 is 3.00 bits per heavy atom. The van der Waals surface area contributed by atoms with Gasteiger partial charge in [-0.25, -0.2) is 0 Å². The molecule has 7 heteroatoms. The highest BCUT2D eigenvalue weighted by Crippen LogP contribution is 2.19. The molecule has 0 aromatic carbocycles. The van der Waals surface area contributed by atoms with Gasteiger partial charge in [-0.1, -0.05) is 5.16 Å². The van der Waals surface area contributed by atoms with E-state index in [9.17, 15) is 9.59 Å². The fourth-order valence-electron chi connectivity index (χ4n) is 2.29. The Labute approximate surface area is 109 Å². The third-order valence-corrected chi connectivity index (χ3v) is 3.24. The van der Waals surface area contributed by atoms with Gasteiger partial charge in [0.15, 0.2) is 5.84 Å². The monoisotopic (exact) mass is 264 g/mol. The quantitative estimate of drug-likeness (QED) is 0.305. The van der Waals surface area contributed by atoms with Crippen LogP contribution >= 0.6 is 0 Å². The van der Waals surface area contributed by atoms with E-state index in [1.165, 1.54) is 12.3 Å². The van der Waals surface area contributed by atoms with Crippen LogP contribution in [0.1, 0.15) is 29.6 Å². The third-order valence-electron chi connectivity index (χ3n) is 3.24. The summed E-state index contributed by atoms with van der Waals surface area (Å²) in [6.07, 6.45) is 3.87. The lowest BCUT2D eigenvalue weighted by Gasteiger charge is -2.34. The van der Waals surface area contributed by atoms with Crippen molar-refractivity contribution in [2.75, 3.05) is 6.54 Å². The smallest absolute Gasteiger partial charge is 0.254 e. The van der Waals surface area contributed by atoms with Gasteiger partial charge in [0, 0.05) is 24.4 Å². The minimum absolute atomic E-state index is 0.0258. The minimum Gasteiger partial charge on any atom is -0.409 e. The number of nitrogens with one attached hydrogen (secondary N) is 1. The Bertz CT molecular complexity index is 552. The van der Waals surface area contributed by atoms with E-state index in [1.807, 2.05) is 0 Å². The number of amidine groups is 1. The number of H-pyrrole nitrogens is 1.